The van der Waals surface area contributed by atoms with Gasteiger partial charge in [0.05, 0.1) is 19.3 Å². The van der Waals surface area contributed by atoms with Crippen molar-refractivity contribution >= 4 is 5.96 Å². The summed E-state index contributed by atoms with van der Waals surface area (Å²) in [5, 5.41) is 6.50. The number of aromatic nitrogens is 1. The second-order valence-electron chi connectivity index (χ2n) is 5.55. The van der Waals surface area contributed by atoms with Gasteiger partial charge in [0.2, 0.25) is 5.89 Å². The van der Waals surface area contributed by atoms with E-state index in [0.29, 0.717) is 12.4 Å². The Kier molecular flexibility index (Phi) is 6.66. The Hall–Kier alpha value is -2.50. The van der Waals surface area contributed by atoms with Gasteiger partial charge in [0.15, 0.2) is 5.96 Å². The van der Waals surface area contributed by atoms with E-state index in [1.807, 2.05) is 26.0 Å². The molecule has 0 saturated heterocycles. The second kappa shape index (κ2) is 8.96. The Morgan fingerprint density at radius 1 is 1.21 bits per heavy atom. The van der Waals surface area contributed by atoms with Crippen LogP contribution in [-0.4, -0.2) is 31.6 Å². The Bertz CT molecular complexity index is 643. The molecular weight excluding hydrogens is 304 g/mol. The summed E-state index contributed by atoms with van der Waals surface area (Å²) < 4.78 is 10.7. The van der Waals surface area contributed by atoms with Crippen molar-refractivity contribution in [3.63, 3.8) is 0 Å². The summed E-state index contributed by atoms with van der Waals surface area (Å²) >= 11 is 0. The summed E-state index contributed by atoms with van der Waals surface area (Å²) in [5.74, 6) is 3.16. The van der Waals surface area contributed by atoms with Crippen molar-refractivity contribution in [1.82, 2.24) is 15.6 Å². The number of methoxy groups -OCH3 is 1. The number of ether oxygens (including phenoxy) is 1. The lowest BCUT2D eigenvalue weighted by molar-refractivity contribution is 0.414. The van der Waals surface area contributed by atoms with Crippen LogP contribution in [0.5, 0.6) is 5.75 Å². The Labute approximate surface area is 143 Å². The molecule has 6 nitrogen and oxygen atoms in total. The molecular formula is C18H26N4O2. The van der Waals surface area contributed by atoms with Crippen molar-refractivity contribution in [3.8, 4) is 5.75 Å². The highest BCUT2D eigenvalue weighted by Crippen LogP contribution is 2.12. The summed E-state index contributed by atoms with van der Waals surface area (Å²) in [6, 6.07) is 8.17. The molecule has 0 aliphatic carbocycles. The van der Waals surface area contributed by atoms with E-state index in [1.54, 1.807) is 14.2 Å². The monoisotopic (exact) mass is 330 g/mol. The molecule has 2 N–H and O–H groups in total. The quantitative estimate of drug-likeness (QED) is 0.464. The lowest BCUT2D eigenvalue weighted by Gasteiger charge is -2.10. The highest BCUT2D eigenvalue weighted by molar-refractivity contribution is 5.79. The highest BCUT2D eigenvalue weighted by atomic mass is 16.5. The molecule has 0 unspecified atom stereocenters. The van der Waals surface area contributed by atoms with Crippen LogP contribution in [0.1, 0.15) is 29.3 Å². The number of oxazole rings is 1. The molecule has 1 heterocycles. The van der Waals surface area contributed by atoms with Crippen molar-refractivity contribution in [2.45, 2.75) is 33.2 Å². The maximum absolute atomic E-state index is 5.54. The van der Waals surface area contributed by atoms with Crippen LogP contribution in [0, 0.1) is 13.8 Å². The van der Waals surface area contributed by atoms with Crippen LogP contribution in [0.3, 0.4) is 0 Å². The molecule has 130 valence electrons. The van der Waals surface area contributed by atoms with Gasteiger partial charge >= 0.3 is 0 Å². The number of aryl methyl sites for hydroxylation is 3. The molecule has 0 spiro atoms. The van der Waals surface area contributed by atoms with E-state index in [0.717, 1.165) is 42.5 Å². The first-order valence-corrected chi connectivity index (χ1v) is 8.12. The van der Waals surface area contributed by atoms with Gasteiger partial charge < -0.3 is 19.8 Å². The van der Waals surface area contributed by atoms with Gasteiger partial charge in [-0.15, -0.1) is 0 Å². The molecule has 24 heavy (non-hydrogen) atoms. The summed E-state index contributed by atoms with van der Waals surface area (Å²) in [5.41, 5.74) is 2.22. The second-order valence-corrected chi connectivity index (χ2v) is 5.55. The third-order valence-electron chi connectivity index (χ3n) is 3.80. The summed E-state index contributed by atoms with van der Waals surface area (Å²) in [6.07, 6.45) is 2.02. The van der Waals surface area contributed by atoms with Crippen LogP contribution in [0.15, 0.2) is 33.7 Å². The predicted octanol–water partition coefficient (Wildman–Crippen LogP) is 2.60. The zero-order valence-electron chi connectivity index (χ0n) is 14.8. The van der Waals surface area contributed by atoms with E-state index in [1.165, 1.54) is 5.56 Å². The van der Waals surface area contributed by atoms with Crippen LogP contribution in [0.2, 0.25) is 0 Å². The molecule has 0 saturated carbocycles. The fraction of sp³-hybridized carbons (Fsp3) is 0.444. The third kappa shape index (κ3) is 5.30. The fourth-order valence-electron chi connectivity index (χ4n) is 2.29. The van der Waals surface area contributed by atoms with E-state index in [4.69, 9.17) is 9.15 Å². The van der Waals surface area contributed by atoms with Gasteiger partial charge in [-0.3, -0.25) is 4.99 Å². The smallest absolute Gasteiger partial charge is 0.214 e. The van der Waals surface area contributed by atoms with Crippen LogP contribution < -0.4 is 15.4 Å². The van der Waals surface area contributed by atoms with E-state index in [2.05, 4.69) is 32.7 Å². The van der Waals surface area contributed by atoms with Gasteiger partial charge in [-0.1, -0.05) is 12.1 Å². The number of hydrogen-bond acceptors (Lipinski definition) is 4. The molecule has 0 radical (unpaired) electrons. The topological polar surface area (TPSA) is 71.7 Å². The number of guanidine groups is 1. The first-order valence-electron chi connectivity index (χ1n) is 8.12. The lowest BCUT2D eigenvalue weighted by atomic mass is 10.1. The summed E-state index contributed by atoms with van der Waals surface area (Å²) in [7, 11) is 3.43. The molecule has 0 aliphatic rings. The maximum Gasteiger partial charge on any atom is 0.214 e. The SMILES string of the molecule is CN=C(NCCCc1ccc(OC)cc1)NCc1nc(C)c(C)o1. The number of nitrogens with one attached hydrogen (secondary N) is 2. The first-order chi connectivity index (χ1) is 11.6. The lowest BCUT2D eigenvalue weighted by Crippen LogP contribution is -2.37. The number of rotatable bonds is 7. The van der Waals surface area contributed by atoms with Crippen molar-refractivity contribution in [2.75, 3.05) is 20.7 Å². The van der Waals surface area contributed by atoms with Crippen LogP contribution in [0.25, 0.3) is 0 Å². The van der Waals surface area contributed by atoms with Gasteiger partial charge in [-0.2, -0.15) is 0 Å². The van der Waals surface area contributed by atoms with Crippen LogP contribution in [0.4, 0.5) is 0 Å². The zero-order chi connectivity index (χ0) is 17.4. The van der Waals surface area contributed by atoms with Gasteiger partial charge in [-0.25, -0.2) is 4.98 Å². The maximum atomic E-state index is 5.54. The molecule has 0 bridgehead atoms. The summed E-state index contributed by atoms with van der Waals surface area (Å²) in [4.78, 5) is 8.55. The van der Waals surface area contributed by atoms with E-state index < -0.39 is 0 Å². The molecule has 0 amide bonds. The van der Waals surface area contributed by atoms with Crippen LogP contribution in [-0.2, 0) is 13.0 Å². The van der Waals surface area contributed by atoms with Crippen molar-refractivity contribution in [2.24, 2.45) is 4.99 Å². The van der Waals surface area contributed by atoms with Gasteiger partial charge in [0.1, 0.15) is 11.5 Å². The Morgan fingerprint density at radius 3 is 2.54 bits per heavy atom. The number of nitrogens with zero attached hydrogens (tertiary/aromatic N) is 2. The average Bonchev–Trinajstić information content (AvgIpc) is 2.93. The first kappa shape index (κ1) is 17.8. The van der Waals surface area contributed by atoms with E-state index >= 15 is 0 Å². The molecule has 0 atom stereocenters. The molecule has 2 aromatic rings. The number of benzene rings is 1. The Balaban J connectivity index is 1.69. The number of hydrogen-bond donors (Lipinski definition) is 2. The molecule has 0 fully saturated rings. The third-order valence-corrected chi connectivity index (χ3v) is 3.80. The largest absolute Gasteiger partial charge is 0.497 e. The minimum atomic E-state index is 0.521. The van der Waals surface area contributed by atoms with Crippen molar-refractivity contribution in [3.05, 3.63) is 47.2 Å². The van der Waals surface area contributed by atoms with E-state index in [9.17, 15) is 0 Å². The van der Waals surface area contributed by atoms with Crippen molar-refractivity contribution < 1.29 is 9.15 Å². The van der Waals surface area contributed by atoms with Gasteiger partial charge in [0.25, 0.3) is 0 Å². The van der Waals surface area contributed by atoms with Gasteiger partial charge in [0, 0.05) is 13.6 Å². The number of aliphatic imine (C=N–C) groups is 1. The molecule has 1 aromatic heterocycles. The zero-order valence-corrected chi connectivity index (χ0v) is 14.8. The minimum absolute atomic E-state index is 0.521. The Morgan fingerprint density at radius 2 is 1.96 bits per heavy atom. The van der Waals surface area contributed by atoms with Crippen LogP contribution >= 0.6 is 0 Å². The molecule has 0 aliphatic heterocycles. The molecule has 6 heteroatoms. The highest BCUT2D eigenvalue weighted by Gasteiger charge is 2.06. The van der Waals surface area contributed by atoms with Gasteiger partial charge in [-0.05, 0) is 44.4 Å². The minimum Gasteiger partial charge on any atom is -0.497 e. The summed E-state index contributed by atoms with van der Waals surface area (Å²) in [6.45, 7) is 5.22. The predicted molar refractivity (Wildman–Crippen MR) is 95.5 cm³/mol. The average molecular weight is 330 g/mol. The van der Waals surface area contributed by atoms with Crippen molar-refractivity contribution in [1.29, 1.82) is 0 Å². The molecule has 1 aromatic carbocycles. The fourth-order valence-corrected chi connectivity index (χ4v) is 2.29. The molecule has 2 rings (SSSR count). The normalized spacial score (nSPS) is 11.4. The van der Waals surface area contributed by atoms with E-state index in [-0.39, 0.29) is 0 Å². The standard InChI is InChI=1S/C18H26N4O2/c1-13-14(2)24-17(22-13)12-21-18(19-3)20-11-5-6-15-7-9-16(23-4)10-8-15/h7-10H,5-6,11-12H2,1-4H3,(H2,19,20,21).